The molecular formula is C31H39F. The first-order valence-corrected chi connectivity index (χ1v) is 12.5. The summed E-state index contributed by atoms with van der Waals surface area (Å²) in [6.45, 7) is 4.61. The molecule has 0 amide bonds. The van der Waals surface area contributed by atoms with Gasteiger partial charge in [0, 0.05) is 0 Å². The Hall–Kier alpha value is -2.41. The molecule has 3 aromatic rings. The first kappa shape index (κ1) is 24.2. The van der Waals surface area contributed by atoms with E-state index in [1.807, 2.05) is 6.07 Å². The van der Waals surface area contributed by atoms with E-state index in [0.717, 1.165) is 44.1 Å². The Labute approximate surface area is 194 Å². The summed E-state index contributed by atoms with van der Waals surface area (Å²) in [5.74, 6) is 1.16. The molecule has 2 atom stereocenters. The van der Waals surface area contributed by atoms with Crippen LogP contribution in [0, 0.1) is 17.7 Å². The van der Waals surface area contributed by atoms with Gasteiger partial charge in [0.2, 0.25) is 0 Å². The van der Waals surface area contributed by atoms with Gasteiger partial charge in [0.25, 0.3) is 0 Å². The monoisotopic (exact) mass is 430 g/mol. The van der Waals surface area contributed by atoms with Crippen LogP contribution in [0.3, 0.4) is 0 Å². The Morgan fingerprint density at radius 2 is 1.16 bits per heavy atom. The molecule has 32 heavy (non-hydrogen) atoms. The fourth-order valence-corrected chi connectivity index (χ4v) is 4.57. The number of aryl methyl sites for hydroxylation is 3. The Kier molecular flexibility index (Phi) is 10.0. The number of hydrogen-bond acceptors (Lipinski definition) is 0. The summed E-state index contributed by atoms with van der Waals surface area (Å²) < 4.78 is 14.4. The molecule has 0 radical (unpaired) electrons. The number of hydrogen-bond donors (Lipinski definition) is 0. The Bertz CT molecular complexity index is 900. The van der Waals surface area contributed by atoms with Crippen molar-refractivity contribution in [3.63, 3.8) is 0 Å². The van der Waals surface area contributed by atoms with E-state index in [-0.39, 0.29) is 5.82 Å². The molecule has 0 N–H and O–H groups in total. The number of benzene rings is 3. The summed E-state index contributed by atoms with van der Waals surface area (Å²) in [5.41, 5.74) is 5.01. The third-order valence-electron chi connectivity index (χ3n) is 6.61. The lowest BCUT2D eigenvalue weighted by Crippen LogP contribution is -2.04. The molecule has 2 unspecified atom stereocenters. The predicted octanol–water partition coefficient (Wildman–Crippen LogP) is 8.62. The van der Waals surface area contributed by atoms with E-state index in [1.54, 1.807) is 6.07 Å². The predicted molar refractivity (Wildman–Crippen MR) is 136 cm³/mol. The zero-order chi connectivity index (χ0) is 22.6. The Morgan fingerprint density at radius 3 is 1.75 bits per heavy atom. The lowest BCUT2D eigenvalue weighted by Gasteiger charge is -2.15. The summed E-state index contributed by atoms with van der Waals surface area (Å²) in [6, 6.07) is 27.2. The molecule has 0 fully saturated rings. The zero-order valence-electron chi connectivity index (χ0n) is 19.9. The minimum atomic E-state index is -0.0421. The minimum absolute atomic E-state index is 0.0421. The quantitative estimate of drug-likeness (QED) is 0.254. The molecule has 0 bridgehead atoms. The lowest BCUT2D eigenvalue weighted by atomic mass is 9.91. The van der Waals surface area contributed by atoms with Crippen LogP contribution in [-0.2, 0) is 25.7 Å². The highest BCUT2D eigenvalue weighted by atomic mass is 19.1. The standard InChI is InChI=1S/C31H39F/c1-25(11-9-17-27-13-5-3-6-14-27)19-20-29-21-22-31(32)30(24-29)23-26(2)12-10-18-28-15-7-4-8-16-28/h3-8,13-16,21-22,24-26H,9-12,17-20,23H2,1-2H3. The summed E-state index contributed by atoms with van der Waals surface area (Å²) in [6.07, 6.45) is 10.1. The Balaban J connectivity index is 1.40. The van der Waals surface area contributed by atoms with Crippen molar-refractivity contribution in [1.82, 2.24) is 0 Å². The van der Waals surface area contributed by atoms with Crippen LogP contribution in [0.25, 0.3) is 0 Å². The van der Waals surface area contributed by atoms with Gasteiger partial charge in [-0.25, -0.2) is 4.39 Å². The van der Waals surface area contributed by atoms with Gasteiger partial charge in [-0.1, -0.05) is 99.5 Å². The smallest absolute Gasteiger partial charge is 0.126 e. The SMILES string of the molecule is CC(CCCc1ccccc1)CCc1ccc(F)c(CC(C)CCCc2ccccc2)c1. The van der Waals surface area contributed by atoms with E-state index in [4.69, 9.17) is 0 Å². The van der Waals surface area contributed by atoms with E-state index >= 15 is 0 Å². The molecule has 0 nitrogen and oxygen atoms in total. The van der Waals surface area contributed by atoms with Crippen molar-refractivity contribution < 1.29 is 4.39 Å². The first-order chi connectivity index (χ1) is 15.6. The summed E-state index contributed by atoms with van der Waals surface area (Å²) in [7, 11) is 0. The van der Waals surface area contributed by atoms with Crippen molar-refractivity contribution >= 4 is 0 Å². The summed E-state index contributed by atoms with van der Waals surface area (Å²) >= 11 is 0. The van der Waals surface area contributed by atoms with Crippen LogP contribution in [0.4, 0.5) is 4.39 Å². The van der Waals surface area contributed by atoms with Crippen LogP contribution in [-0.4, -0.2) is 0 Å². The van der Waals surface area contributed by atoms with Crippen molar-refractivity contribution in [3.8, 4) is 0 Å². The number of rotatable bonds is 13. The normalized spacial score (nSPS) is 13.1. The fourth-order valence-electron chi connectivity index (χ4n) is 4.57. The molecular weight excluding hydrogens is 391 g/mol. The van der Waals surface area contributed by atoms with Crippen LogP contribution in [0.2, 0.25) is 0 Å². The highest BCUT2D eigenvalue weighted by Gasteiger charge is 2.10. The second-order valence-corrected chi connectivity index (χ2v) is 9.63. The maximum absolute atomic E-state index is 14.4. The van der Waals surface area contributed by atoms with Crippen LogP contribution < -0.4 is 0 Å². The van der Waals surface area contributed by atoms with Gasteiger partial charge < -0.3 is 0 Å². The molecule has 0 aliphatic heterocycles. The molecule has 0 aliphatic rings. The maximum Gasteiger partial charge on any atom is 0.126 e. The van der Waals surface area contributed by atoms with Gasteiger partial charge in [0.1, 0.15) is 5.82 Å². The van der Waals surface area contributed by atoms with Gasteiger partial charge in [0.05, 0.1) is 0 Å². The zero-order valence-corrected chi connectivity index (χ0v) is 19.9. The Morgan fingerprint density at radius 1 is 0.594 bits per heavy atom. The highest BCUT2D eigenvalue weighted by molar-refractivity contribution is 5.26. The molecule has 0 aromatic heterocycles. The van der Waals surface area contributed by atoms with Crippen LogP contribution >= 0.6 is 0 Å². The van der Waals surface area contributed by atoms with Gasteiger partial charge >= 0.3 is 0 Å². The van der Waals surface area contributed by atoms with Crippen molar-refractivity contribution in [2.45, 2.75) is 71.6 Å². The van der Waals surface area contributed by atoms with E-state index in [1.165, 1.54) is 36.0 Å². The van der Waals surface area contributed by atoms with Crippen LogP contribution in [0.15, 0.2) is 78.9 Å². The van der Waals surface area contributed by atoms with Crippen LogP contribution in [0.5, 0.6) is 0 Å². The second-order valence-electron chi connectivity index (χ2n) is 9.63. The highest BCUT2D eigenvalue weighted by Crippen LogP contribution is 2.22. The third-order valence-corrected chi connectivity index (χ3v) is 6.61. The van der Waals surface area contributed by atoms with Crippen LogP contribution in [0.1, 0.15) is 68.2 Å². The van der Waals surface area contributed by atoms with E-state index in [2.05, 4.69) is 80.6 Å². The summed E-state index contributed by atoms with van der Waals surface area (Å²) in [5, 5.41) is 0. The molecule has 3 rings (SSSR count). The average Bonchev–Trinajstić information content (AvgIpc) is 2.81. The van der Waals surface area contributed by atoms with Gasteiger partial charge in [-0.05, 0) is 85.1 Å². The van der Waals surface area contributed by atoms with Gasteiger partial charge in [-0.15, -0.1) is 0 Å². The van der Waals surface area contributed by atoms with E-state index < -0.39 is 0 Å². The molecule has 3 aromatic carbocycles. The molecule has 0 saturated heterocycles. The van der Waals surface area contributed by atoms with E-state index in [9.17, 15) is 4.39 Å². The molecule has 1 heteroatoms. The number of halogens is 1. The summed E-state index contributed by atoms with van der Waals surface area (Å²) in [4.78, 5) is 0. The topological polar surface area (TPSA) is 0 Å². The fraction of sp³-hybridized carbons (Fsp3) is 0.419. The van der Waals surface area contributed by atoms with Gasteiger partial charge in [-0.2, -0.15) is 0 Å². The molecule has 170 valence electrons. The molecule has 0 heterocycles. The van der Waals surface area contributed by atoms with Gasteiger partial charge in [0.15, 0.2) is 0 Å². The minimum Gasteiger partial charge on any atom is -0.207 e. The first-order valence-electron chi connectivity index (χ1n) is 12.5. The molecule has 0 spiro atoms. The maximum atomic E-state index is 14.4. The molecule has 0 aliphatic carbocycles. The van der Waals surface area contributed by atoms with E-state index in [0.29, 0.717) is 11.8 Å². The van der Waals surface area contributed by atoms with Crippen molar-refractivity contribution in [2.24, 2.45) is 11.8 Å². The largest absolute Gasteiger partial charge is 0.207 e. The molecule has 0 saturated carbocycles. The van der Waals surface area contributed by atoms with Crippen molar-refractivity contribution in [1.29, 1.82) is 0 Å². The van der Waals surface area contributed by atoms with Crippen molar-refractivity contribution in [2.75, 3.05) is 0 Å². The lowest BCUT2D eigenvalue weighted by molar-refractivity contribution is 0.473. The van der Waals surface area contributed by atoms with Gasteiger partial charge in [-0.3, -0.25) is 0 Å². The van der Waals surface area contributed by atoms with Crippen molar-refractivity contribution in [3.05, 3.63) is 107 Å². The third kappa shape index (κ3) is 8.61. The average molecular weight is 431 g/mol. The second kappa shape index (κ2) is 13.2.